The van der Waals surface area contributed by atoms with Crippen molar-refractivity contribution in [2.75, 3.05) is 0 Å². The molecule has 0 amide bonds. The summed E-state index contributed by atoms with van der Waals surface area (Å²) in [6.45, 7) is 0.991. The molecule has 0 aliphatic carbocycles. The minimum atomic E-state index is 0.263. The zero-order valence-electron chi connectivity index (χ0n) is 9.47. The van der Waals surface area contributed by atoms with Crippen molar-refractivity contribution in [1.82, 2.24) is 0 Å². The van der Waals surface area contributed by atoms with Crippen molar-refractivity contribution in [2.24, 2.45) is 5.73 Å². The van der Waals surface area contributed by atoms with Crippen LogP contribution in [0.5, 0.6) is 11.5 Å². The number of hydrogen-bond donors (Lipinski definition) is 2. The molecule has 2 rings (SSSR count). The Hall–Kier alpha value is -2.00. The lowest BCUT2D eigenvalue weighted by atomic mass is 10.2. The van der Waals surface area contributed by atoms with Gasteiger partial charge in [-0.2, -0.15) is 0 Å². The van der Waals surface area contributed by atoms with E-state index in [1.54, 1.807) is 12.1 Å². The fourth-order valence-electron chi connectivity index (χ4n) is 1.52. The van der Waals surface area contributed by atoms with E-state index in [1.807, 2.05) is 36.4 Å². The summed E-state index contributed by atoms with van der Waals surface area (Å²) in [5, 5.41) is 9.16. The van der Waals surface area contributed by atoms with Crippen LogP contribution in [-0.4, -0.2) is 5.11 Å². The molecule has 0 unspecified atom stereocenters. The number of ether oxygens (including phenoxy) is 1. The molecule has 17 heavy (non-hydrogen) atoms. The summed E-state index contributed by atoms with van der Waals surface area (Å²) in [5.41, 5.74) is 7.62. The van der Waals surface area contributed by atoms with Gasteiger partial charge in [-0.1, -0.05) is 24.3 Å². The number of benzene rings is 2. The molecule has 0 saturated carbocycles. The molecular formula is C14H15NO2. The van der Waals surface area contributed by atoms with Crippen molar-refractivity contribution in [3.05, 3.63) is 59.7 Å². The maximum Gasteiger partial charge on any atom is 0.120 e. The molecule has 88 valence electrons. The third kappa shape index (κ3) is 3.23. The van der Waals surface area contributed by atoms with Gasteiger partial charge in [0.15, 0.2) is 0 Å². The van der Waals surface area contributed by atoms with Crippen molar-refractivity contribution in [3.63, 3.8) is 0 Å². The van der Waals surface area contributed by atoms with Crippen LogP contribution in [0.2, 0.25) is 0 Å². The Bertz CT molecular complexity index is 480. The molecule has 3 heteroatoms. The fourth-order valence-corrected chi connectivity index (χ4v) is 1.52. The smallest absolute Gasteiger partial charge is 0.120 e. The van der Waals surface area contributed by atoms with Crippen molar-refractivity contribution in [2.45, 2.75) is 13.2 Å². The first kappa shape index (κ1) is 11.5. The third-order valence-corrected chi connectivity index (χ3v) is 2.48. The van der Waals surface area contributed by atoms with E-state index in [1.165, 1.54) is 0 Å². The molecule has 0 aliphatic heterocycles. The van der Waals surface area contributed by atoms with Gasteiger partial charge >= 0.3 is 0 Å². The van der Waals surface area contributed by atoms with E-state index in [9.17, 15) is 0 Å². The highest BCUT2D eigenvalue weighted by Gasteiger charge is 1.97. The van der Waals surface area contributed by atoms with Gasteiger partial charge in [-0.15, -0.1) is 0 Å². The highest BCUT2D eigenvalue weighted by molar-refractivity contribution is 5.29. The largest absolute Gasteiger partial charge is 0.508 e. The lowest BCUT2D eigenvalue weighted by Gasteiger charge is -2.07. The van der Waals surface area contributed by atoms with Crippen LogP contribution in [0, 0.1) is 0 Å². The van der Waals surface area contributed by atoms with E-state index >= 15 is 0 Å². The van der Waals surface area contributed by atoms with Gasteiger partial charge in [0.25, 0.3) is 0 Å². The van der Waals surface area contributed by atoms with Crippen LogP contribution >= 0.6 is 0 Å². The van der Waals surface area contributed by atoms with Gasteiger partial charge in [-0.3, -0.25) is 0 Å². The maximum atomic E-state index is 9.16. The van der Waals surface area contributed by atoms with E-state index in [0.29, 0.717) is 13.2 Å². The van der Waals surface area contributed by atoms with Gasteiger partial charge in [0.1, 0.15) is 18.1 Å². The van der Waals surface area contributed by atoms with Gasteiger partial charge in [0.2, 0.25) is 0 Å². The lowest BCUT2D eigenvalue weighted by Crippen LogP contribution is -1.98. The molecule has 3 N–H and O–H groups in total. The predicted molar refractivity (Wildman–Crippen MR) is 66.8 cm³/mol. The zero-order valence-corrected chi connectivity index (χ0v) is 9.47. The molecular weight excluding hydrogens is 214 g/mol. The Kier molecular flexibility index (Phi) is 3.62. The Morgan fingerprint density at radius 1 is 1.00 bits per heavy atom. The molecule has 0 heterocycles. The van der Waals surface area contributed by atoms with Crippen molar-refractivity contribution < 1.29 is 9.84 Å². The first-order chi connectivity index (χ1) is 8.28. The van der Waals surface area contributed by atoms with Gasteiger partial charge in [0.05, 0.1) is 0 Å². The van der Waals surface area contributed by atoms with Crippen molar-refractivity contribution in [1.29, 1.82) is 0 Å². The third-order valence-electron chi connectivity index (χ3n) is 2.48. The summed E-state index contributed by atoms with van der Waals surface area (Å²) in [5.74, 6) is 1.07. The molecule has 0 spiro atoms. The van der Waals surface area contributed by atoms with Crippen LogP contribution in [0.3, 0.4) is 0 Å². The van der Waals surface area contributed by atoms with E-state index in [4.69, 9.17) is 15.6 Å². The van der Waals surface area contributed by atoms with Crippen molar-refractivity contribution >= 4 is 0 Å². The average molecular weight is 229 g/mol. The number of rotatable bonds is 4. The summed E-state index contributed by atoms with van der Waals surface area (Å²) in [7, 11) is 0. The number of hydrogen-bond acceptors (Lipinski definition) is 3. The van der Waals surface area contributed by atoms with Crippen LogP contribution in [-0.2, 0) is 13.2 Å². The number of nitrogens with two attached hydrogens (primary N) is 1. The predicted octanol–water partition coefficient (Wildman–Crippen LogP) is 2.43. The number of aromatic hydroxyl groups is 1. The van der Waals surface area contributed by atoms with E-state index < -0.39 is 0 Å². The molecule has 2 aromatic carbocycles. The highest BCUT2D eigenvalue weighted by Crippen LogP contribution is 2.16. The van der Waals surface area contributed by atoms with Gasteiger partial charge in [-0.05, 0) is 35.4 Å². The fraction of sp³-hybridized carbons (Fsp3) is 0.143. The normalized spacial score (nSPS) is 10.2. The topological polar surface area (TPSA) is 55.5 Å². The summed E-state index contributed by atoms with van der Waals surface area (Å²) in [6.07, 6.45) is 0. The zero-order chi connectivity index (χ0) is 12.1. The Labute approximate surface area is 100 Å². The molecule has 0 bridgehead atoms. The summed E-state index contributed by atoms with van der Waals surface area (Å²) < 4.78 is 5.64. The second-order valence-electron chi connectivity index (χ2n) is 3.81. The number of phenolic OH excluding ortho intramolecular Hbond substituents is 1. The van der Waals surface area contributed by atoms with Crippen LogP contribution in [0.25, 0.3) is 0 Å². The standard InChI is InChI=1S/C14H15NO2/c15-9-12-2-1-3-14(8-12)17-10-11-4-6-13(16)7-5-11/h1-8,16H,9-10,15H2. The Morgan fingerprint density at radius 3 is 2.47 bits per heavy atom. The second-order valence-corrected chi connectivity index (χ2v) is 3.81. The summed E-state index contributed by atoms with van der Waals surface area (Å²) in [6, 6.07) is 14.7. The molecule has 2 aromatic rings. The van der Waals surface area contributed by atoms with E-state index in [0.717, 1.165) is 16.9 Å². The first-order valence-corrected chi connectivity index (χ1v) is 5.47. The molecule has 0 aromatic heterocycles. The van der Waals surface area contributed by atoms with Gasteiger partial charge in [-0.25, -0.2) is 0 Å². The van der Waals surface area contributed by atoms with Gasteiger partial charge in [0, 0.05) is 6.54 Å². The van der Waals surface area contributed by atoms with E-state index in [-0.39, 0.29) is 5.75 Å². The lowest BCUT2D eigenvalue weighted by molar-refractivity contribution is 0.305. The average Bonchev–Trinajstić information content (AvgIpc) is 2.38. The Balaban J connectivity index is 1.99. The van der Waals surface area contributed by atoms with Crippen molar-refractivity contribution in [3.8, 4) is 11.5 Å². The Morgan fingerprint density at radius 2 is 1.76 bits per heavy atom. The van der Waals surface area contributed by atoms with Crippen LogP contribution < -0.4 is 10.5 Å². The van der Waals surface area contributed by atoms with Crippen LogP contribution in [0.4, 0.5) is 0 Å². The second kappa shape index (κ2) is 5.37. The summed E-state index contributed by atoms with van der Waals surface area (Å²) in [4.78, 5) is 0. The molecule has 0 aliphatic rings. The monoisotopic (exact) mass is 229 g/mol. The van der Waals surface area contributed by atoms with Crippen LogP contribution in [0.15, 0.2) is 48.5 Å². The summed E-state index contributed by atoms with van der Waals surface area (Å²) >= 11 is 0. The van der Waals surface area contributed by atoms with E-state index in [2.05, 4.69) is 0 Å². The minimum Gasteiger partial charge on any atom is -0.508 e. The maximum absolute atomic E-state index is 9.16. The van der Waals surface area contributed by atoms with Crippen LogP contribution in [0.1, 0.15) is 11.1 Å². The molecule has 0 atom stereocenters. The number of phenols is 1. The SMILES string of the molecule is NCc1cccc(OCc2ccc(O)cc2)c1. The highest BCUT2D eigenvalue weighted by atomic mass is 16.5. The molecule has 0 fully saturated rings. The quantitative estimate of drug-likeness (QED) is 0.846. The first-order valence-electron chi connectivity index (χ1n) is 5.47. The van der Waals surface area contributed by atoms with Gasteiger partial charge < -0.3 is 15.6 Å². The molecule has 0 radical (unpaired) electrons. The minimum absolute atomic E-state index is 0.263. The molecule has 0 saturated heterocycles. The molecule has 3 nitrogen and oxygen atoms in total.